The van der Waals surface area contributed by atoms with Gasteiger partial charge in [0, 0.05) is 12.1 Å². The molecule has 32 heavy (non-hydrogen) atoms. The minimum absolute atomic E-state index is 0.209. The quantitative estimate of drug-likeness (QED) is 0.448. The molecule has 4 nitrogen and oxygen atoms in total. The fraction of sp³-hybridized carbons (Fsp3) is 0.261. The van der Waals surface area contributed by atoms with Crippen molar-refractivity contribution in [3.05, 3.63) is 83.3 Å². The van der Waals surface area contributed by atoms with Crippen molar-refractivity contribution in [1.29, 1.82) is 0 Å². The van der Waals surface area contributed by atoms with Gasteiger partial charge in [0.1, 0.15) is 18.2 Å². The number of benzene rings is 1. The number of hydrogen-bond acceptors (Lipinski definition) is 3. The lowest BCUT2D eigenvalue weighted by molar-refractivity contribution is -0.339. The lowest BCUT2D eigenvalue weighted by Gasteiger charge is -2.27. The van der Waals surface area contributed by atoms with E-state index >= 15 is 0 Å². The molecule has 0 aliphatic heterocycles. The van der Waals surface area contributed by atoms with Crippen molar-refractivity contribution in [3.8, 4) is 5.75 Å². The Labute approximate surface area is 180 Å². The standard InChI is InChI=1S/C23H19F5N2O2/c1-13-15(6-3-9-19(13)32-23(26,27)28)21-14(2)29-22-20(10-5-11-30(21)22)31-12-16-17(24)7-4-8-18(16)25/h3-11,13,19H,12H2,1-2H3. The summed E-state index contributed by atoms with van der Waals surface area (Å²) in [6, 6.07) is 6.83. The molecule has 2 unspecified atom stereocenters. The van der Waals surface area contributed by atoms with E-state index in [0.717, 1.165) is 12.1 Å². The van der Waals surface area contributed by atoms with Crippen LogP contribution in [0.25, 0.3) is 11.2 Å². The molecule has 1 aliphatic carbocycles. The smallest absolute Gasteiger partial charge is 0.485 e. The van der Waals surface area contributed by atoms with Gasteiger partial charge in [0.15, 0.2) is 11.4 Å². The molecule has 0 amide bonds. The molecule has 168 valence electrons. The molecule has 0 saturated heterocycles. The lowest BCUT2D eigenvalue weighted by atomic mass is 9.88. The van der Waals surface area contributed by atoms with Crippen molar-refractivity contribution in [2.75, 3.05) is 0 Å². The number of allylic oxidation sites excluding steroid dienone is 2. The van der Waals surface area contributed by atoms with Crippen LogP contribution in [0.1, 0.15) is 23.9 Å². The lowest BCUT2D eigenvalue weighted by Crippen LogP contribution is -2.30. The zero-order valence-corrected chi connectivity index (χ0v) is 17.2. The van der Waals surface area contributed by atoms with Gasteiger partial charge in [-0.1, -0.05) is 31.2 Å². The minimum atomic E-state index is -4.76. The summed E-state index contributed by atoms with van der Waals surface area (Å²) < 4.78 is 77.8. The van der Waals surface area contributed by atoms with Crippen molar-refractivity contribution in [2.45, 2.75) is 32.9 Å². The van der Waals surface area contributed by atoms with Crippen LogP contribution in [-0.4, -0.2) is 21.9 Å². The van der Waals surface area contributed by atoms with Crippen LogP contribution in [-0.2, 0) is 11.3 Å². The largest absolute Gasteiger partial charge is 0.523 e. The Balaban J connectivity index is 1.67. The molecule has 3 aromatic rings. The van der Waals surface area contributed by atoms with E-state index in [2.05, 4.69) is 9.72 Å². The molecule has 0 bridgehead atoms. The van der Waals surface area contributed by atoms with Crippen LogP contribution in [0, 0.1) is 24.5 Å². The third kappa shape index (κ3) is 4.25. The molecular formula is C23H19F5N2O2. The molecule has 1 aliphatic rings. The third-order valence-corrected chi connectivity index (χ3v) is 5.33. The van der Waals surface area contributed by atoms with Gasteiger partial charge in [0.05, 0.1) is 23.1 Å². The molecule has 0 spiro atoms. The van der Waals surface area contributed by atoms with E-state index in [1.54, 1.807) is 42.7 Å². The summed E-state index contributed by atoms with van der Waals surface area (Å²) in [7, 11) is 0. The number of aromatic nitrogens is 2. The maximum atomic E-state index is 13.9. The Kier molecular flexibility index (Phi) is 5.77. The summed E-state index contributed by atoms with van der Waals surface area (Å²) in [5, 5.41) is 0. The maximum absolute atomic E-state index is 13.9. The van der Waals surface area contributed by atoms with Crippen LogP contribution in [0.3, 0.4) is 0 Å². The maximum Gasteiger partial charge on any atom is 0.523 e. The van der Waals surface area contributed by atoms with E-state index in [9.17, 15) is 22.0 Å². The summed E-state index contributed by atoms with van der Waals surface area (Å²) in [5.41, 5.74) is 1.96. The zero-order chi connectivity index (χ0) is 23.0. The number of ether oxygens (including phenoxy) is 2. The second-order valence-corrected chi connectivity index (χ2v) is 7.42. The molecular weight excluding hydrogens is 431 g/mol. The Bertz CT molecular complexity index is 1190. The second-order valence-electron chi connectivity index (χ2n) is 7.42. The number of hydrogen-bond donors (Lipinski definition) is 0. The van der Waals surface area contributed by atoms with Gasteiger partial charge in [-0.3, -0.25) is 9.14 Å². The predicted molar refractivity (Wildman–Crippen MR) is 108 cm³/mol. The molecule has 0 saturated carbocycles. The van der Waals surface area contributed by atoms with Crippen LogP contribution in [0.4, 0.5) is 22.0 Å². The molecule has 9 heteroatoms. The SMILES string of the molecule is Cc1nc2c(OCc3c(F)cccc3F)cccn2c1C1=CC=CC(OC(F)(F)F)C1C. The Morgan fingerprint density at radius 3 is 2.50 bits per heavy atom. The molecule has 2 aromatic heterocycles. The van der Waals surface area contributed by atoms with Gasteiger partial charge >= 0.3 is 6.36 Å². The second kappa shape index (κ2) is 8.38. The number of imidazole rings is 1. The third-order valence-electron chi connectivity index (χ3n) is 5.33. The van der Waals surface area contributed by atoms with E-state index < -0.39 is 30.0 Å². The van der Waals surface area contributed by atoms with Crippen LogP contribution >= 0.6 is 0 Å². The number of nitrogens with zero attached hydrogens (tertiary/aromatic N) is 2. The molecule has 4 rings (SSSR count). The normalized spacial score (nSPS) is 18.8. The molecule has 2 heterocycles. The molecule has 0 radical (unpaired) electrons. The van der Waals surface area contributed by atoms with E-state index in [1.165, 1.54) is 18.2 Å². The fourth-order valence-corrected chi connectivity index (χ4v) is 3.79. The zero-order valence-electron chi connectivity index (χ0n) is 17.2. The first kappa shape index (κ1) is 22.0. The van der Waals surface area contributed by atoms with Gasteiger partial charge in [0.2, 0.25) is 0 Å². The van der Waals surface area contributed by atoms with Crippen molar-refractivity contribution in [2.24, 2.45) is 5.92 Å². The highest BCUT2D eigenvalue weighted by Crippen LogP contribution is 2.37. The van der Waals surface area contributed by atoms with Gasteiger partial charge in [-0.05, 0) is 36.8 Å². The van der Waals surface area contributed by atoms with Crippen LogP contribution < -0.4 is 4.74 Å². The van der Waals surface area contributed by atoms with Gasteiger partial charge < -0.3 is 4.74 Å². The van der Waals surface area contributed by atoms with Crippen molar-refractivity contribution in [3.63, 3.8) is 0 Å². The van der Waals surface area contributed by atoms with Gasteiger partial charge in [0.25, 0.3) is 0 Å². The topological polar surface area (TPSA) is 35.8 Å². The van der Waals surface area contributed by atoms with E-state index in [4.69, 9.17) is 4.74 Å². The Morgan fingerprint density at radius 1 is 1.09 bits per heavy atom. The van der Waals surface area contributed by atoms with Crippen LogP contribution in [0.5, 0.6) is 5.75 Å². The van der Waals surface area contributed by atoms with E-state index in [-0.39, 0.29) is 17.9 Å². The first-order chi connectivity index (χ1) is 15.2. The highest BCUT2D eigenvalue weighted by atomic mass is 19.4. The molecule has 1 aromatic carbocycles. The number of alkyl halides is 3. The average molecular weight is 450 g/mol. The summed E-state index contributed by atoms with van der Waals surface area (Å²) in [5.74, 6) is -1.76. The highest BCUT2D eigenvalue weighted by molar-refractivity contribution is 5.74. The molecule has 0 fully saturated rings. The Morgan fingerprint density at radius 2 is 1.81 bits per heavy atom. The van der Waals surface area contributed by atoms with Crippen molar-refractivity contribution < 1.29 is 31.4 Å². The Hall–Kier alpha value is -3.20. The van der Waals surface area contributed by atoms with E-state index in [0.29, 0.717) is 22.6 Å². The van der Waals surface area contributed by atoms with Crippen molar-refractivity contribution >= 4 is 11.2 Å². The first-order valence-corrected chi connectivity index (χ1v) is 9.82. The number of pyridine rings is 1. The monoisotopic (exact) mass is 450 g/mol. The number of rotatable bonds is 5. The summed E-state index contributed by atoms with van der Waals surface area (Å²) in [4.78, 5) is 4.50. The molecule has 2 atom stereocenters. The number of aryl methyl sites for hydroxylation is 1. The summed E-state index contributed by atoms with van der Waals surface area (Å²) in [6.07, 6.45) is 0.363. The predicted octanol–water partition coefficient (Wildman–Crippen LogP) is 5.99. The van der Waals surface area contributed by atoms with Gasteiger partial charge in [-0.25, -0.2) is 13.8 Å². The van der Waals surface area contributed by atoms with Crippen LogP contribution in [0.15, 0.2) is 54.8 Å². The van der Waals surface area contributed by atoms with Gasteiger partial charge in [-0.15, -0.1) is 13.2 Å². The number of halogens is 5. The van der Waals surface area contributed by atoms with Gasteiger partial charge in [-0.2, -0.15) is 0 Å². The van der Waals surface area contributed by atoms with Crippen molar-refractivity contribution in [1.82, 2.24) is 9.38 Å². The number of fused-ring (bicyclic) bond motifs is 1. The molecule has 0 N–H and O–H groups in total. The average Bonchev–Trinajstić information content (AvgIpc) is 3.05. The summed E-state index contributed by atoms with van der Waals surface area (Å²) in [6.45, 7) is 3.03. The highest BCUT2D eigenvalue weighted by Gasteiger charge is 2.37. The van der Waals surface area contributed by atoms with E-state index in [1.807, 2.05) is 0 Å². The minimum Gasteiger partial charge on any atom is -0.485 e. The first-order valence-electron chi connectivity index (χ1n) is 9.82. The van der Waals surface area contributed by atoms with Crippen LogP contribution in [0.2, 0.25) is 0 Å². The fourth-order valence-electron chi connectivity index (χ4n) is 3.79. The summed E-state index contributed by atoms with van der Waals surface area (Å²) >= 11 is 0.